The fourth-order valence-electron chi connectivity index (χ4n) is 4.63. The molecule has 0 saturated heterocycles. The molecule has 18 heteroatoms. The Morgan fingerprint density at radius 2 is 1.80 bits per heavy atom. The minimum atomic E-state index is -4.84. The molecule has 5 aromatic rings. The minimum absolute atomic E-state index is 0.0900. The molecule has 0 aliphatic rings. The van der Waals surface area contributed by atoms with E-state index in [1.165, 1.54) is 41.3 Å². The molecular weight excluding hydrogens is 653 g/mol. The van der Waals surface area contributed by atoms with Crippen LogP contribution in [0.5, 0.6) is 0 Å². The van der Waals surface area contributed by atoms with Gasteiger partial charge in [0.25, 0.3) is 0 Å². The topological polar surface area (TPSA) is 122 Å². The van der Waals surface area contributed by atoms with Crippen molar-refractivity contribution in [3.63, 3.8) is 0 Å². The lowest BCUT2D eigenvalue weighted by Crippen LogP contribution is -2.36. The van der Waals surface area contributed by atoms with Crippen LogP contribution in [-0.4, -0.2) is 49.1 Å². The van der Waals surface area contributed by atoms with Gasteiger partial charge in [-0.05, 0) is 35.9 Å². The number of pyridine rings is 1. The van der Waals surface area contributed by atoms with Crippen molar-refractivity contribution in [2.24, 2.45) is 0 Å². The van der Waals surface area contributed by atoms with Gasteiger partial charge in [0.05, 0.1) is 46.4 Å². The Kier molecular flexibility index (Phi) is 8.98. The number of nitrogens with zero attached hydrogens (tertiary/aromatic N) is 6. The number of carbonyl (C=O) groups is 1. The van der Waals surface area contributed by atoms with Crippen molar-refractivity contribution >= 4 is 17.6 Å². The number of aromatic nitrogens is 6. The number of ether oxygens (including phenoxy) is 1. The number of alkyl halides is 5. The zero-order valence-electron chi connectivity index (χ0n) is 22.8. The van der Waals surface area contributed by atoms with Gasteiger partial charge in [-0.3, -0.25) is 4.68 Å². The van der Waals surface area contributed by atoms with Crippen LogP contribution in [0.25, 0.3) is 27.9 Å². The smallest absolute Gasteiger partial charge is 0.436 e. The maximum Gasteiger partial charge on any atom is 0.436 e. The number of rotatable bonds is 10. The summed E-state index contributed by atoms with van der Waals surface area (Å²) in [5.41, 5.74) is -2.21. The first-order valence-electron chi connectivity index (χ1n) is 12.9. The van der Waals surface area contributed by atoms with Crippen LogP contribution in [0.1, 0.15) is 34.2 Å². The third-order valence-electron chi connectivity index (χ3n) is 6.77. The van der Waals surface area contributed by atoms with Crippen LogP contribution >= 0.6 is 11.6 Å². The van der Waals surface area contributed by atoms with E-state index in [4.69, 9.17) is 16.7 Å². The number of benzene rings is 2. The number of carboxylic acids is 1. The van der Waals surface area contributed by atoms with Gasteiger partial charge in [0, 0.05) is 24.2 Å². The first kappa shape index (κ1) is 32.4. The summed E-state index contributed by atoms with van der Waals surface area (Å²) in [5.74, 6) is -3.56. The van der Waals surface area contributed by atoms with Crippen molar-refractivity contribution in [3.05, 3.63) is 106 Å². The van der Waals surface area contributed by atoms with E-state index in [9.17, 15) is 36.3 Å². The van der Waals surface area contributed by atoms with Gasteiger partial charge in [0.15, 0.2) is 17.7 Å². The molecule has 0 aliphatic carbocycles. The average Bonchev–Trinajstić information content (AvgIpc) is 3.68. The summed E-state index contributed by atoms with van der Waals surface area (Å²) < 4.78 is 101. The number of hydrogen-bond acceptors (Lipinski definition) is 6. The lowest BCUT2D eigenvalue weighted by Gasteiger charge is -2.18. The number of carboxylic acid groups (broad SMARTS) is 1. The molecule has 1 N–H and O–H groups in total. The number of aromatic carboxylic acids is 1. The normalized spacial score (nSPS) is 12.5. The van der Waals surface area contributed by atoms with Crippen LogP contribution in [-0.2, 0) is 10.9 Å². The second kappa shape index (κ2) is 12.8. The molecule has 0 aliphatic heterocycles. The molecule has 2 aromatic carbocycles. The van der Waals surface area contributed by atoms with Crippen LogP contribution in [0, 0.1) is 16.8 Å². The Hall–Kier alpha value is -5.03. The van der Waals surface area contributed by atoms with E-state index in [1.807, 2.05) is 0 Å². The highest BCUT2D eigenvalue weighted by Crippen LogP contribution is 2.35. The van der Waals surface area contributed by atoms with Gasteiger partial charge >= 0.3 is 18.8 Å². The van der Waals surface area contributed by atoms with Crippen LogP contribution < -0.4 is 4.73 Å². The van der Waals surface area contributed by atoms with E-state index >= 15 is 4.39 Å². The molecule has 46 heavy (non-hydrogen) atoms. The maximum absolute atomic E-state index is 15.3. The first-order valence-corrected chi connectivity index (χ1v) is 13.3. The maximum atomic E-state index is 15.3. The minimum Gasteiger partial charge on any atom is -0.618 e. The quantitative estimate of drug-likeness (QED) is 0.105. The first-order chi connectivity index (χ1) is 21.7. The van der Waals surface area contributed by atoms with Gasteiger partial charge in [-0.1, -0.05) is 22.9 Å². The van der Waals surface area contributed by atoms with Gasteiger partial charge in [-0.2, -0.15) is 31.8 Å². The molecule has 3 aromatic heterocycles. The van der Waals surface area contributed by atoms with Crippen LogP contribution in [0.2, 0.25) is 5.02 Å². The van der Waals surface area contributed by atoms with Crippen LogP contribution in [0.15, 0.2) is 67.3 Å². The summed E-state index contributed by atoms with van der Waals surface area (Å²) in [5, 5.41) is 32.7. The van der Waals surface area contributed by atoms with Gasteiger partial charge in [0.1, 0.15) is 11.9 Å². The molecule has 3 heterocycles. The Balaban J connectivity index is 1.54. The monoisotopic (exact) mass is 670 g/mol. The largest absolute Gasteiger partial charge is 0.618 e. The predicted octanol–water partition coefficient (Wildman–Crippen LogP) is 6.30. The third-order valence-corrected chi connectivity index (χ3v) is 7.06. The highest BCUT2D eigenvalue weighted by molar-refractivity contribution is 6.31. The Labute approximate surface area is 258 Å². The van der Waals surface area contributed by atoms with Crippen molar-refractivity contribution in [3.8, 4) is 27.9 Å². The van der Waals surface area contributed by atoms with Gasteiger partial charge in [-0.25, -0.2) is 18.3 Å². The van der Waals surface area contributed by atoms with E-state index < -0.39 is 59.3 Å². The second-order valence-electron chi connectivity index (χ2n) is 9.61. The summed E-state index contributed by atoms with van der Waals surface area (Å²) in [7, 11) is 0. The van der Waals surface area contributed by atoms with Crippen molar-refractivity contribution in [2.45, 2.75) is 25.3 Å². The standard InChI is InChI=1S/C28H18ClF7N6O4/c29-18-4-6-22(41-13-23(38-39-41)28(34,35)36)24(25(18)31)15-2-5-21(42(45)12-15)20(7-8-46-27(32)33)40-11-16(10-37-40)14-1-3-17(26(43)44)19(30)9-14/h1-6,9-13,20,27H,7-8H2,(H,43,44)/t20-/m1/s1. The molecule has 240 valence electrons. The molecule has 0 saturated carbocycles. The molecule has 1 atom stereocenters. The lowest BCUT2D eigenvalue weighted by molar-refractivity contribution is -0.615. The summed E-state index contributed by atoms with van der Waals surface area (Å²) in [6, 6.07) is 7.02. The average molecular weight is 671 g/mol. The van der Waals surface area contributed by atoms with Crippen molar-refractivity contribution in [1.29, 1.82) is 0 Å². The molecule has 0 radical (unpaired) electrons. The van der Waals surface area contributed by atoms with E-state index in [1.54, 1.807) is 0 Å². The highest BCUT2D eigenvalue weighted by atomic mass is 35.5. The van der Waals surface area contributed by atoms with Gasteiger partial charge in [0.2, 0.25) is 5.69 Å². The molecule has 0 spiro atoms. The van der Waals surface area contributed by atoms with E-state index in [-0.39, 0.29) is 39.2 Å². The predicted molar refractivity (Wildman–Crippen MR) is 145 cm³/mol. The molecule has 0 bridgehead atoms. The van der Waals surface area contributed by atoms with Crippen molar-refractivity contribution in [1.82, 2.24) is 24.8 Å². The summed E-state index contributed by atoms with van der Waals surface area (Å²) in [4.78, 5) is 11.1. The van der Waals surface area contributed by atoms with Crippen molar-refractivity contribution < 1.29 is 50.1 Å². The zero-order valence-corrected chi connectivity index (χ0v) is 23.6. The Bertz CT molecular complexity index is 1910. The SMILES string of the molecule is O=C(O)c1ccc(-c2cnn([C@H](CCOC(F)F)c3ccc(-c4c(-n5cc(C(F)(F)F)nn5)ccc(Cl)c4F)c[n+]3[O-])c2)cc1F. The number of hydrogen-bond donors (Lipinski definition) is 1. The van der Waals surface area contributed by atoms with E-state index in [2.05, 4.69) is 20.1 Å². The van der Waals surface area contributed by atoms with Crippen LogP contribution in [0.3, 0.4) is 0 Å². The summed E-state index contributed by atoms with van der Waals surface area (Å²) in [6.07, 6.45) is -0.986. The summed E-state index contributed by atoms with van der Waals surface area (Å²) >= 11 is 5.95. The molecule has 0 fully saturated rings. The van der Waals surface area contributed by atoms with Crippen molar-refractivity contribution in [2.75, 3.05) is 6.61 Å². The molecule has 0 amide bonds. The molecule has 5 rings (SSSR count). The zero-order chi connectivity index (χ0) is 33.3. The van der Waals surface area contributed by atoms with Gasteiger partial charge in [-0.15, -0.1) is 5.10 Å². The number of halogens is 8. The molecular formula is C28H18ClF7N6O4. The highest BCUT2D eigenvalue weighted by Gasteiger charge is 2.35. The molecule has 0 unspecified atom stereocenters. The van der Waals surface area contributed by atoms with Crippen LogP contribution in [0.4, 0.5) is 30.7 Å². The third kappa shape index (κ3) is 6.64. The Morgan fingerprint density at radius 1 is 1.07 bits per heavy atom. The summed E-state index contributed by atoms with van der Waals surface area (Å²) in [6.45, 7) is -3.66. The van der Waals surface area contributed by atoms with E-state index in [0.717, 1.165) is 24.4 Å². The Morgan fingerprint density at radius 3 is 2.43 bits per heavy atom. The lowest BCUT2D eigenvalue weighted by atomic mass is 10.0. The van der Waals surface area contributed by atoms with E-state index in [0.29, 0.717) is 16.4 Å². The van der Waals surface area contributed by atoms with Gasteiger partial charge < -0.3 is 15.1 Å². The fourth-order valence-corrected chi connectivity index (χ4v) is 4.78. The molecule has 10 nitrogen and oxygen atoms in total. The second-order valence-corrected chi connectivity index (χ2v) is 10.0. The fraction of sp³-hybridized carbons (Fsp3) is 0.179.